The van der Waals surface area contributed by atoms with Gasteiger partial charge in [0.1, 0.15) is 0 Å². The first-order valence-electron chi connectivity index (χ1n) is 6.21. The SMILES string of the molecule is CCCC(O)(C(=O)O)C1CC(C)(C)OC1(C)C. The molecule has 1 saturated heterocycles. The predicted octanol–water partition coefficient (Wildman–Crippen LogP) is 2.20. The fraction of sp³-hybridized carbons (Fsp3) is 0.923. The van der Waals surface area contributed by atoms with E-state index in [2.05, 4.69) is 0 Å². The zero-order valence-electron chi connectivity index (χ0n) is 11.4. The van der Waals surface area contributed by atoms with Crippen LogP contribution >= 0.6 is 0 Å². The summed E-state index contributed by atoms with van der Waals surface area (Å²) in [6, 6.07) is 0. The maximum absolute atomic E-state index is 11.4. The highest BCUT2D eigenvalue weighted by Crippen LogP contribution is 2.48. The van der Waals surface area contributed by atoms with Gasteiger partial charge in [-0.25, -0.2) is 4.79 Å². The summed E-state index contributed by atoms with van der Waals surface area (Å²) in [7, 11) is 0. The van der Waals surface area contributed by atoms with E-state index in [9.17, 15) is 15.0 Å². The van der Waals surface area contributed by atoms with Crippen molar-refractivity contribution in [2.45, 2.75) is 70.7 Å². The third-order valence-corrected chi connectivity index (χ3v) is 3.65. The number of aliphatic carboxylic acids is 1. The molecular formula is C13H24O4. The van der Waals surface area contributed by atoms with Gasteiger partial charge in [0.25, 0.3) is 0 Å². The van der Waals surface area contributed by atoms with E-state index in [4.69, 9.17) is 4.74 Å². The Bertz CT molecular complexity index is 309. The van der Waals surface area contributed by atoms with Crippen LogP contribution in [0, 0.1) is 5.92 Å². The van der Waals surface area contributed by atoms with E-state index < -0.39 is 17.2 Å². The number of carboxylic acid groups (broad SMARTS) is 1. The van der Waals surface area contributed by atoms with Crippen LogP contribution in [0.4, 0.5) is 0 Å². The van der Waals surface area contributed by atoms with Gasteiger partial charge in [0, 0.05) is 5.92 Å². The number of carboxylic acids is 1. The van der Waals surface area contributed by atoms with E-state index in [1.807, 2.05) is 34.6 Å². The topological polar surface area (TPSA) is 66.8 Å². The van der Waals surface area contributed by atoms with Crippen LogP contribution < -0.4 is 0 Å². The van der Waals surface area contributed by atoms with Crippen LogP contribution in [0.3, 0.4) is 0 Å². The van der Waals surface area contributed by atoms with Crippen molar-refractivity contribution in [3.8, 4) is 0 Å². The minimum absolute atomic E-state index is 0.260. The number of rotatable bonds is 4. The summed E-state index contributed by atoms with van der Waals surface area (Å²) in [5, 5.41) is 19.8. The number of carbonyl (C=O) groups is 1. The standard InChI is InChI=1S/C13H24O4/c1-6-7-13(16,10(14)15)9-8-11(2,3)17-12(9,4)5/h9,16H,6-8H2,1-5H3,(H,14,15). The van der Waals surface area contributed by atoms with E-state index in [1.54, 1.807) is 0 Å². The molecule has 1 aliphatic heterocycles. The van der Waals surface area contributed by atoms with Crippen LogP contribution in [0.1, 0.15) is 53.9 Å². The maximum atomic E-state index is 11.4. The van der Waals surface area contributed by atoms with Gasteiger partial charge >= 0.3 is 5.97 Å². The molecule has 2 unspecified atom stereocenters. The number of aliphatic hydroxyl groups is 1. The number of hydrogen-bond donors (Lipinski definition) is 2. The van der Waals surface area contributed by atoms with E-state index in [0.29, 0.717) is 12.8 Å². The van der Waals surface area contributed by atoms with Gasteiger partial charge in [-0.3, -0.25) is 0 Å². The third kappa shape index (κ3) is 2.63. The average Bonchev–Trinajstić information content (AvgIpc) is 2.34. The fourth-order valence-electron chi connectivity index (χ4n) is 3.12. The molecule has 4 nitrogen and oxygen atoms in total. The molecular weight excluding hydrogens is 220 g/mol. The lowest BCUT2D eigenvalue weighted by molar-refractivity contribution is -0.175. The van der Waals surface area contributed by atoms with E-state index >= 15 is 0 Å². The Balaban J connectivity index is 3.08. The maximum Gasteiger partial charge on any atom is 0.336 e. The molecule has 1 rings (SSSR count). The fourth-order valence-corrected chi connectivity index (χ4v) is 3.12. The monoisotopic (exact) mass is 244 g/mol. The molecule has 0 aromatic carbocycles. The van der Waals surface area contributed by atoms with Crippen molar-refractivity contribution in [1.82, 2.24) is 0 Å². The van der Waals surface area contributed by atoms with Gasteiger partial charge in [-0.15, -0.1) is 0 Å². The third-order valence-electron chi connectivity index (χ3n) is 3.65. The molecule has 17 heavy (non-hydrogen) atoms. The van der Waals surface area contributed by atoms with Crippen LogP contribution in [0.5, 0.6) is 0 Å². The quantitative estimate of drug-likeness (QED) is 0.795. The van der Waals surface area contributed by atoms with Crippen molar-refractivity contribution in [2.24, 2.45) is 5.92 Å². The van der Waals surface area contributed by atoms with Crippen LogP contribution in [-0.2, 0) is 9.53 Å². The zero-order valence-corrected chi connectivity index (χ0v) is 11.4. The van der Waals surface area contributed by atoms with E-state index in [1.165, 1.54) is 0 Å². The Morgan fingerprint density at radius 1 is 1.41 bits per heavy atom. The molecule has 1 fully saturated rings. The molecule has 0 bridgehead atoms. The van der Waals surface area contributed by atoms with Crippen molar-refractivity contribution in [1.29, 1.82) is 0 Å². The molecule has 0 radical (unpaired) electrons. The summed E-state index contributed by atoms with van der Waals surface area (Å²) in [6.07, 6.45) is 1.45. The molecule has 1 aliphatic rings. The molecule has 4 heteroatoms. The van der Waals surface area contributed by atoms with Crippen molar-refractivity contribution in [3.05, 3.63) is 0 Å². The first-order chi connectivity index (χ1) is 7.55. The summed E-state index contributed by atoms with van der Waals surface area (Å²) in [5.74, 6) is -1.53. The summed E-state index contributed by atoms with van der Waals surface area (Å²) >= 11 is 0. The van der Waals surface area contributed by atoms with Gasteiger partial charge in [-0.2, -0.15) is 0 Å². The van der Waals surface area contributed by atoms with Gasteiger partial charge in [0.05, 0.1) is 11.2 Å². The van der Waals surface area contributed by atoms with Gasteiger partial charge < -0.3 is 14.9 Å². The molecule has 0 saturated carbocycles. The smallest absolute Gasteiger partial charge is 0.336 e. The molecule has 100 valence electrons. The van der Waals surface area contributed by atoms with Crippen molar-refractivity contribution >= 4 is 5.97 Å². The average molecular weight is 244 g/mol. The number of ether oxygens (including phenoxy) is 1. The first-order valence-corrected chi connectivity index (χ1v) is 6.21. The predicted molar refractivity (Wildman–Crippen MR) is 64.8 cm³/mol. The second-order valence-corrected chi connectivity index (χ2v) is 6.20. The van der Waals surface area contributed by atoms with Gasteiger partial charge in [-0.1, -0.05) is 13.3 Å². The highest BCUT2D eigenvalue weighted by atomic mass is 16.5. The lowest BCUT2D eigenvalue weighted by Gasteiger charge is -2.36. The summed E-state index contributed by atoms with van der Waals surface area (Å²) in [6.45, 7) is 9.46. The minimum atomic E-state index is -1.69. The van der Waals surface area contributed by atoms with Gasteiger partial charge in [0.2, 0.25) is 0 Å². The second-order valence-electron chi connectivity index (χ2n) is 6.20. The molecule has 0 spiro atoms. The number of hydrogen-bond acceptors (Lipinski definition) is 3. The minimum Gasteiger partial charge on any atom is -0.479 e. The Hall–Kier alpha value is -0.610. The Morgan fingerprint density at radius 3 is 2.24 bits per heavy atom. The molecule has 0 aromatic rings. The normalized spacial score (nSPS) is 29.9. The molecule has 2 N–H and O–H groups in total. The van der Waals surface area contributed by atoms with Crippen molar-refractivity contribution < 1.29 is 19.7 Å². The van der Waals surface area contributed by atoms with Crippen molar-refractivity contribution in [3.63, 3.8) is 0 Å². The highest BCUT2D eigenvalue weighted by molar-refractivity contribution is 5.77. The molecule has 0 aromatic heterocycles. The van der Waals surface area contributed by atoms with Gasteiger partial charge in [-0.05, 0) is 40.5 Å². The summed E-state index contributed by atoms with van der Waals surface area (Å²) in [4.78, 5) is 11.4. The van der Waals surface area contributed by atoms with Crippen LogP contribution in [0.15, 0.2) is 0 Å². The van der Waals surface area contributed by atoms with Crippen LogP contribution in [0.25, 0.3) is 0 Å². The van der Waals surface area contributed by atoms with Crippen LogP contribution in [-0.4, -0.2) is 33.0 Å². The Kier molecular flexibility index (Phi) is 3.61. The Morgan fingerprint density at radius 2 is 1.94 bits per heavy atom. The van der Waals surface area contributed by atoms with Gasteiger partial charge in [0.15, 0.2) is 5.60 Å². The van der Waals surface area contributed by atoms with Crippen molar-refractivity contribution in [2.75, 3.05) is 0 Å². The molecule has 2 atom stereocenters. The molecule has 0 amide bonds. The van der Waals surface area contributed by atoms with E-state index in [0.717, 1.165) is 0 Å². The molecule has 1 heterocycles. The zero-order chi connectivity index (χ0) is 13.5. The lowest BCUT2D eigenvalue weighted by Crippen LogP contribution is -2.52. The lowest BCUT2D eigenvalue weighted by atomic mass is 9.72. The largest absolute Gasteiger partial charge is 0.479 e. The first kappa shape index (κ1) is 14.5. The summed E-state index contributed by atoms with van der Waals surface area (Å²) in [5.41, 5.74) is -2.69. The second kappa shape index (κ2) is 4.25. The Labute approximate surface area is 103 Å². The van der Waals surface area contributed by atoms with Crippen LogP contribution in [0.2, 0.25) is 0 Å². The summed E-state index contributed by atoms with van der Waals surface area (Å²) < 4.78 is 5.87. The van der Waals surface area contributed by atoms with E-state index in [-0.39, 0.29) is 17.9 Å². The highest BCUT2D eigenvalue weighted by Gasteiger charge is 2.57. The molecule has 0 aliphatic carbocycles.